The van der Waals surface area contributed by atoms with Gasteiger partial charge in [-0.05, 0) is 92.6 Å². The maximum Gasteiger partial charge on any atom is 0.264 e. The van der Waals surface area contributed by atoms with Crippen molar-refractivity contribution < 1.29 is 22.3 Å². The smallest absolute Gasteiger partial charge is 0.264 e. The summed E-state index contributed by atoms with van der Waals surface area (Å²) in [6, 6.07) is 16.3. The lowest BCUT2D eigenvalue weighted by Crippen LogP contribution is -2.38. The maximum atomic E-state index is 13.4. The normalized spacial score (nSPS) is 11.1. The van der Waals surface area contributed by atoms with Crippen LogP contribution < -0.4 is 14.4 Å². The van der Waals surface area contributed by atoms with Gasteiger partial charge in [-0.3, -0.25) is 9.10 Å². The van der Waals surface area contributed by atoms with Gasteiger partial charge in [-0.1, -0.05) is 6.07 Å². The Balaban J connectivity index is 1.91. The fraction of sp³-hybridized carbons (Fsp3) is 0.208. The van der Waals surface area contributed by atoms with Gasteiger partial charge < -0.3 is 10.1 Å². The molecular weight excluding hydrogens is 431 g/mol. The van der Waals surface area contributed by atoms with Gasteiger partial charge in [-0.2, -0.15) is 0 Å². The molecule has 0 aliphatic rings. The highest BCUT2D eigenvalue weighted by molar-refractivity contribution is 7.92. The molecule has 6 nitrogen and oxygen atoms in total. The van der Waals surface area contributed by atoms with Crippen LogP contribution in [0.3, 0.4) is 0 Å². The quantitative estimate of drug-likeness (QED) is 0.534. The van der Waals surface area contributed by atoms with E-state index in [9.17, 15) is 17.6 Å². The summed E-state index contributed by atoms with van der Waals surface area (Å²) in [5.74, 6) is -0.494. The fourth-order valence-corrected chi connectivity index (χ4v) is 4.50. The van der Waals surface area contributed by atoms with Gasteiger partial charge in [0.05, 0.1) is 17.2 Å². The minimum Gasteiger partial charge on any atom is -0.494 e. The Bertz CT molecular complexity index is 1190. The highest BCUT2D eigenvalue weighted by Crippen LogP contribution is 2.26. The average molecular weight is 457 g/mol. The SMILES string of the molecule is CCOc1ccc(S(=O)(=O)N(CC(=O)Nc2ccc(C)c(C)c2)c2ccc(F)cc2)cc1. The first kappa shape index (κ1) is 23.3. The van der Waals surface area contributed by atoms with E-state index in [2.05, 4.69) is 5.32 Å². The molecule has 0 aliphatic carbocycles. The minimum atomic E-state index is -4.11. The summed E-state index contributed by atoms with van der Waals surface area (Å²) in [5, 5.41) is 2.73. The maximum absolute atomic E-state index is 13.4. The first-order valence-electron chi connectivity index (χ1n) is 10.1. The summed E-state index contributed by atoms with van der Waals surface area (Å²) in [5.41, 5.74) is 2.82. The van der Waals surface area contributed by atoms with E-state index in [0.717, 1.165) is 27.6 Å². The predicted molar refractivity (Wildman–Crippen MR) is 123 cm³/mol. The molecule has 0 saturated carbocycles. The zero-order valence-electron chi connectivity index (χ0n) is 18.1. The lowest BCUT2D eigenvalue weighted by Gasteiger charge is -2.24. The van der Waals surface area contributed by atoms with E-state index in [1.807, 2.05) is 32.9 Å². The number of nitrogens with zero attached hydrogens (tertiary/aromatic N) is 1. The number of carbonyl (C=O) groups is 1. The number of amides is 1. The van der Waals surface area contributed by atoms with Crippen molar-refractivity contribution in [3.63, 3.8) is 0 Å². The van der Waals surface area contributed by atoms with Gasteiger partial charge in [0.2, 0.25) is 5.91 Å². The first-order valence-corrected chi connectivity index (χ1v) is 11.5. The van der Waals surface area contributed by atoms with Crippen LogP contribution in [-0.4, -0.2) is 27.5 Å². The number of halogens is 1. The monoisotopic (exact) mass is 456 g/mol. The fourth-order valence-electron chi connectivity index (χ4n) is 3.07. The molecule has 0 heterocycles. The Morgan fingerprint density at radius 1 is 0.969 bits per heavy atom. The lowest BCUT2D eigenvalue weighted by atomic mass is 10.1. The van der Waals surface area contributed by atoms with Gasteiger partial charge in [0.1, 0.15) is 18.1 Å². The number of benzene rings is 3. The molecule has 0 aromatic heterocycles. The first-order chi connectivity index (χ1) is 15.2. The minimum absolute atomic E-state index is 0.00995. The Labute approximate surface area is 187 Å². The number of nitrogens with one attached hydrogen (secondary N) is 1. The van der Waals surface area contributed by atoms with Crippen LogP contribution in [0.25, 0.3) is 0 Å². The highest BCUT2D eigenvalue weighted by atomic mass is 32.2. The summed E-state index contributed by atoms with van der Waals surface area (Å²) in [4.78, 5) is 12.8. The van der Waals surface area contributed by atoms with Crippen LogP contribution in [0.5, 0.6) is 5.75 Å². The molecule has 168 valence electrons. The molecule has 0 bridgehead atoms. The molecule has 0 spiro atoms. The topological polar surface area (TPSA) is 75.7 Å². The summed E-state index contributed by atoms with van der Waals surface area (Å²) < 4.78 is 46.5. The van der Waals surface area contributed by atoms with Crippen LogP contribution >= 0.6 is 0 Å². The Morgan fingerprint density at radius 3 is 2.22 bits per heavy atom. The van der Waals surface area contributed by atoms with Gasteiger partial charge in [0.25, 0.3) is 10.0 Å². The van der Waals surface area contributed by atoms with Gasteiger partial charge in [0.15, 0.2) is 0 Å². The van der Waals surface area contributed by atoms with Gasteiger partial charge in [-0.15, -0.1) is 0 Å². The number of aryl methyl sites for hydroxylation is 2. The molecule has 0 radical (unpaired) electrons. The Hall–Kier alpha value is -3.39. The summed E-state index contributed by atoms with van der Waals surface area (Å²) in [7, 11) is -4.11. The molecule has 8 heteroatoms. The zero-order valence-corrected chi connectivity index (χ0v) is 18.9. The van der Waals surface area contributed by atoms with Crippen molar-refractivity contribution in [2.24, 2.45) is 0 Å². The van der Waals surface area contributed by atoms with Crippen molar-refractivity contribution in [1.82, 2.24) is 0 Å². The molecule has 0 atom stereocenters. The molecule has 3 aromatic rings. The average Bonchev–Trinajstić information content (AvgIpc) is 2.76. The van der Waals surface area contributed by atoms with Crippen molar-refractivity contribution in [2.45, 2.75) is 25.7 Å². The third kappa shape index (κ3) is 5.45. The number of rotatable bonds is 8. The summed E-state index contributed by atoms with van der Waals surface area (Å²) >= 11 is 0. The zero-order chi connectivity index (χ0) is 23.3. The molecule has 3 aromatic carbocycles. The molecule has 1 amide bonds. The molecule has 0 fully saturated rings. The number of sulfonamides is 1. The van der Waals surface area contributed by atoms with Crippen LogP contribution in [0, 0.1) is 19.7 Å². The molecule has 1 N–H and O–H groups in total. The molecule has 0 saturated heterocycles. The molecule has 0 unspecified atom stereocenters. The van der Waals surface area contributed by atoms with Crippen LogP contribution in [0.15, 0.2) is 71.6 Å². The predicted octanol–water partition coefficient (Wildman–Crippen LogP) is 4.68. The second-order valence-corrected chi connectivity index (χ2v) is 9.10. The van der Waals surface area contributed by atoms with E-state index in [1.165, 1.54) is 24.3 Å². The number of hydrogen-bond donors (Lipinski definition) is 1. The lowest BCUT2D eigenvalue weighted by molar-refractivity contribution is -0.114. The van der Waals surface area contributed by atoms with E-state index in [0.29, 0.717) is 18.0 Å². The molecule has 0 aliphatic heterocycles. The number of ether oxygens (including phenoxy) is 1. The van der Waals surface area contributed by atoms with Crippen LogP contribution in [-0.2, 0) is 14.8 Å². The van der Waals surface area contributed by atoms with Crippen LogP contribution in [0.1, 0.15) is 18.1 Å². The molecule has 32 heavy (non-hydrogen) atoms. The van der Waals surface area contributed by atoms with Crippen molar-refractivity contribution in [3.05, 3.63) is 83.7 Å². The van der Waals surface area contributed by atoms with E-state index >= 15 is 0 Å². The highest BCUT2D eigenvalue weighted by Gasteiger charge is 2.27. The Morgan fingerprint density at radius 2 is 1.62 bits per heavy atom. The van der Waals surface area contributed by atoms with E-state index in [-0.39, 0.29) is 10.6 Å². The summed E-state index contributed by atoms with van der Waals surface area (Å²) in [6.07, 6.45) is 0. The van der Waals surface area contributed by atoms with Crippen molar-refractivity contribution in [1.29, 1.82) is 0 Å². The number of anilines is 2. The molecule has 3 rings (SSSR count). The Kier molecular flexibility index (Phi) is 7.15. The van der Waals surface area contributed by atoms with Crippen molar-refractivity contribution >= 4 is 27.3 Å². The van der Waals surface area contributed by atoms with Gasteiger partial charge >= 0.3 is 0 Å². The van der Waals surface area contributed by atoms with Gasteiger partial charge in [0, 0.05) is 5.69 Å². The third-order valence-electron chi connectivity index (χ3n) is 4.92. The summed E-state index contributed by atoms with van der Waals surface area (Å²) in [6.45, 7) is 5.68. The molecular formula is C24H25FN2O4S. The second-order valence-electron chi connectivity index (χ2n) is 7.24. The third-order valence-corrected chi connectivity index (χ3v) is 6.70. The number of hydrogen-bond acceptors (Lipinski definition) is 4. The van der Waals surface area contributed by atoms with Crippen LogP contribution in [0.4, 0.5) is 15.8 Å². The van der Waals surface area contributed by atoms with Crippen LogP contribution in [0.2, 0.25) is 0 Å². The number of carbonyl (C=O) groups excluding carboxylic acids is 1. The van der Waals surface area contributed by atoms with Crippen molar-refractivity contribution in [2.75, 3.05) is 22.8 Å². The van der Waals surface area contributed by atoms with E-state index in [1.54, 1.807) is 18.2 Å². The second kappa shape index (κ2) is 9.82. The standard InChI is InChI=1S/C24H25FN2O4S/c1-4-31-22-11-13-23(14-12-22)32(29,30)27(21-9-6-19(25)7-10-21)16-24(28)26-20-8-5-17(2)18(3)15-20/h5-15H,4,16H2,1-3H3,(H,26,28). The van der Waals surface area contributed by atoms with E-state index < -0.39 is 28.3 Å². The largest absolute Gasteiger partial charge is 0.494 e. The van der Waals surface area contributed by atoms with Gasteiger partial charge in [-0.25, -0.2) is 12.8 Å². The van der Waals surface area contributed by atoms with Crippen molar-refractivity contribution in [3.8, 4) is 5.75 Å². The van der Waals surface area contributed by atoms with E-state index in [4.69, 9.17) is 4.74 Å².